The lowest BCUT2D eigenvalue weighted by atomic mass is 10.1. The van der Waals surface area contributed by atoms with Gasteiger partial charge in [0.25, 0.3) is 5.91 Å². The van der Waals surface area contributed by atoms with Gasteiger partial charge in [0.2, 0.25) is 0 Å². The number of hydrogen-bond donors (Lipinski definition) is 0. The highest BCUT2D eigenvalue weighted by Crippen LogP contribution is 2.28. The van der Waals surface area contributed by atoms with Crippen LogP contribution in [-0.4, -0.2) is 62.1 Å². The van der Waals surface area contributed by atoms with Crippen molar-refractivity contribution in [1.29, 1.82) is 0 Å². The number of anilines is 1. The summed E-state index contributed by atoms with van der Waals surface area (Å²) in [6.45, 7) is 4.34. The lowest BCUT2D eigenvalue weighted by molar-refractivity contribution is 0.0485. The minimum atomic E-state index is 0.108. The molecule has 136 valence electrons. The van der Waals surface area contributed by atoms with Crippen molar-refractivity contribution in [2.75, 3.05) is 45.2 Å². The second kappa shape index (κ2) is 7.00. The third-order valence-electron chi connectivity index (χ3n) is 5.49. The van der Waals surface area contributed by atoms with Crippen molar-refractivity contribution in [3.8, 4) is 5.75 Å². The van der Waals surface area contributed by atoms with E-state index in [1.807, 2.05) is 29.2 Å². The highest BCUT2D eigenvalue weighted by Gasteiger charge is 2.33. The molecule has 2 aromatic rings. The van der Waals surface area contributed by atoms with Gasteiger partial charge in [0.1, 0.15) is 5.75 Å². The van der Waals surface area contributed by atoms with Crippen molar-refractivity contribution in [2.45, 2.75) is 12.6 Å². The van der Waals surface area contributed by atoms with Crippen molar-refractivity contribution < 1.29 is 9.53 Å². The number of hydrogen-bond acceptors (Lipinski definition) is 4. The first-order valence-corrected chi connectivity index (χ1v) is 9.12. The van der Waals surface area contributed by atoms with Crippen molar-refractivity contribution in [1.82, 2.24) is 9.80 Å². The van der Waals surface area contributed by atoms with Gasteiger partial charge in [0.05, 0.1) is 7.11 Å². The number of rotatable bonds is 2. The van der Waals surface area contributed by atoms with E-state index in [1.54, 1.807) is 7.11 Å². The second-order valence-electron chi connectivity index (χ2n) is 7.11. The molecule has 1 amide bonds. The smallest absolute Gasteiger partial charge is 0.253 e. The van der Waals surface area contributed by atoms with Gasteiger partial charge in [-0.2, -0.15) is 0 Å². The zero-order chi connectivity index (χ0) is 18.1. The van der Waals surface area contributed by atoms with Crippen LogP contribution in [0.15, 0.2) is 48.5 Å². The van der Waals surface area contributed by atoms with Gasteiger partial charge in [-0.25, -0.2) is 0 Å². The number of methoxy groups -OCH3 is 1. The van der Waals surface area contributed by atoms with Crippen LogP contribution in [0, 0.1) is 0 Å². The van der Waals surface area contributed by atoms with E-state index in [4.69, 9.17) is 4.74 Å². The number of benzene rings is 2. The molecule has 1 saturated heterocycles. The molecule has 1 unspecified atom stereocenters. The van der Waals surface area contributed by atoms with Crippen LogP contribution in [0.1, 0.15) is 15.9 Å². The summed E-state index contributed by atoms with van der Waals surface area (Å²) in [5, 5.41) is 0. The molecule has 0 radical (unpaired) electrons. The third-order valence-corrected chi connectivity index (χ3v) is 5.49. The maximum Gasteiger partial charge on any atom is 0.253 e. The molecule has 2 heterocycles. The molecule has 5 nitrogen and oxygen atoms in total. The Morgan fingerprint density at radius 1 is 1.04 bits per heavy atom. The van der Waals surface area contributed by atoms with Crippen molar-refractivity contribution in [2.24, 2.45) is 0 Å². The van der Waals surface area contributed by atoms with Gasteiger partial charge in [-0.1, -0.05) is 18.2 Å². The van der Waals surface area contributed by atoms with E-state index < -0.39 is 0 Å². The van der Waals surface area contributed by atoms with E-state index in [0.29, 0.717) is 6.04 Å². The normalized spacial score (nSPS) is 20.2. The van der Waals surface area contributed by atoms with Crippen LogP contribution >= 0.6 is 0 Å². The van der Waals surface area contributed by atoms with Gasteiger partial charge in [-0.05, 0) is 35.9 Å². The fraction of sp³-hybridized carbons (Fsp3) is 0.381. The van der Waals surface area contributed by atoms with Crippen LogP contribution in [0.3, 0.4) is 0 Å². The monoisotopic (exact) mass is 351 g/mol. The molecule has 0 aromatic heterocycles. The Balaban J connectivity index is 1.50. The molecule has 0 saturated carbocycles. The number of para-hydroxylation sites is 1. The molecule has 4 rings (SSSR count). The predicted octanol–water partition coefficient (Wildman–Crippen LogP) is 2.47. The number of nitrogens with zero attached hydrogens (tertiary/aromatic N) is 3. The second-order valence-corrected chi connectivity index (χ2v) is 7.11. The first-order valence-electron chi connectivity index (χ1n) is 9.12. The molecule has 2 aromatic carbocycles. The fourth-order valence-corrected chi connectivity index (χ4v) is 4.03. The quantitative estimate of drug-likeness (QED) is 0.833. The predicted molar refractivity (Wildman–Crippen MR) is 103 cm³/mol. The van der Waals surface area contributed by atoms with E-state index in [9.17, 15) is 4.79 Å². The maximum absolute atomic E-state index is 12.9. The first kappa shape index (κ1) is 16.9. The summed E-state index contributed by atoms with van der Waals surface area (Å²) in [7, 11) is 3.78. The highest BCUT2D eigenvalue weighted by molar-refractivity contribution is 5.94. The van der Waals surface area contributed by atoms with Crippen LogP contribution in [-0.2, 0) is 6.54 Å². The minimum absolute atomic E-state index is 0.108. The Morgan fingerprint density at radius 2 is 1.81 bits per heavy atom. The van der Waals surface area contributed by atoms with Crippen molar-refractivity contribution in [3.05, 3.63) is 59.7 Å². The van der Waals surface area contributed by atoms with E-state index in [1.165, 1.54) is 11.3 Å². The van der Waals surface area contributed by atoms with Gasteiger partial charge < -0.3 is 14.5 Å². The van der Waals surface area contributed by atoms with E-state index in [2.05, 4.69) is 41.1 Å². The van der Waals surface area contributed by atoms with Crippen LogP contribution in [0.4, 0.5) is 5.69 Å². The Labute approximate surface area is 154 Å². The topological polar surface area (TPSA) is 36.0 Å². The molecule has 0 spiro atoms. The third kappa shape index (κ3) is 3.15. The summed E-state index contributed by atoms with van der Waals surface area (Å²) in [5.41, 5.74) is 3.40. The fourth-order valence-electron chi connectivity index (χ4n) is 4.03. The summed E-state index contributed by atoms with van der Waals surface area (Å²) in [6.07, 6.45) is 0. The molecule has 26 heavy (non-hydrogen) atoms. The number of carbonyl (C=O) groups excluding carboxylic acids is 1. The average molecular weight is 351 g/mol. The first-order chi connectivity index (χ1) is 12.7. The summed E-state index contributed by atoms with van der Waals surface area (Å²) in [6, 6.07) is 16.3. The molecule has 1 atom stereocenters. The Kier molecular flexibility index (Phi) is 4.55. The minimum Gasteiger partial charge on any atom is -0.497 e. The lowest BCUT2D eigenvalue weighted by Crippen LogP contribution is -2.56. The summed E-state index contributed by atoms with van der Waals surface area (Å²) < 4.78 is 5.18. The van der Waals surface area contributed by atoms with Gasteiger partial charge in [-0.15, -0.1) is 0 Å². The van der Waals surface area contributed by atoms with Gasteiger partial charge in [0.15, 0.2) is 0 Å². The standard InChI is InChI=1S/C21H25N3O2/c1-22-14-18-15-24(21(25)16-7-9-19(26-2)10-8-16)12-11-23(18)13-17-5-3-4-6-20(17)22/h3-10,18H,11-15H2,1-2H3. The zero-order valence-corrected chi connectivity index (χ0v) is 15.4. The van der Waals surface area contributed by atoms with Crippen molar-refractivity contribution >= 4 is 11.6 Å². The van der Waals surface area contributed by atoms with Crippen LogP contribution < -0.4 is 9.64 Å². The molecule has 2 aliphatic rings. The zero-order valence-electron chi connectivity index (χ0n) is 15.4. The molecule has 1 fully saturated rings. The molecule has 0 N–H and O–H groups in total. The molecular weight excluding hydrogens is 326 g/mol. The summed E-state index contributed by atoms with van der Waals surface area (Å²) >= 11 is 0. The van der Waals surface area contributed by atoms with Crippen LogP contribution in [0.25, 0.3) is 0 Å². The number of piperazine rings is 1. The average Bonchev–Trinajstić information content (AvgIpc) is 2.83. The van der Waals surface area contributed by atoms with E-state index in [0.717, 1.165) is 44.0 Å². The van der Waals surface area contributed by atoms with E-state index >= 15 is 0 Å². The molecule has 0 aliphatic carbocycles. The largest absolute Gasteiger partial charge is 0.497 e. The number of amides is 1. The molecule has 5 heteroatoms. The van der Waals surface area contributed by atoms with Gasteiger partial charge in [-0.3, -0.25) is 9.69 Å². The van der Waals surface area contributed by atoms with E-state index in [-0.39, 0.29) is 5.91 Å². The molecular formula is C21H25N3O2. The SMILES string of the molecule is COc1ccc(C(=O)N2CCN3Cc4ccccc4N(C)CC3C2)cc1. The number of carbonyl (C=O) groups is 1. The molecule has 0 bridgehead atoms. The highest BCUT2D eigenvalue weighted by atomic mass is 16.5. The van der Waals surface area contributed by atoms with Gasteiger partial charge in [0, 0.05) is 57.1 Å². The summed E-state index contributed by atoms with van der Waals surface area (Å²) in [4.78, 5) is 19.7. The lowest BCUT2D eigenvalue weighted by Gasteiger charge is -2.41. The summed E-state index contributed by atoms with van der Waals surface area (Å²) in [5.74, 6) is 0.881. The number of ether oxygens (including phenoxy) is 1. The maximum atomic E-state index is 12.9. The number of likely N-dealkylation sites (N-methyl/N-ethyl adjacent to an activating group) is 1. The van der Waals surface area contributed by atoms with Gasteiger partial charge >= 0.3 is 0 Å². The Morgan fingerprint density at radius 3 is 2.58 bits per heavy atom. The molecule has 2 aliphatic heterocycles. The number of fused-ring (bicyclic) bond motifs is 2. The van der Waals surface area contributed by atoms with Crippen LogP contribution in [0.5, 0.6) is 5.75 Å². The van der Waals surface area contributed by atoms with Crippen molar-refractivity contribution in [3.63, 3.8) is 0 Å². The Bertz CT molecular complexity index is 790. The Hall–Kier alpha value is -2.53. The van der Waals surface area contributed by atoms with Crippen LogP contribution in [0.2, 0.25) is 0 Å².